The maximum Gasteiger partial charge on any atom is 0.243 e. The van der Waals surface area contributed by atoms with Crippen LogP contribution in [0.1, 0.15) is 25.7 Å². The summed E-state index contributed by atoms with van der Waals surface area (Å²) in [6.07, 6.45) is 5.33. The lowest BCUT2D eigenvalue weighted by atomic mass is 9.81. The smallest absolute Gasteiger partial charge is 0.243 e. The first-order valence-corrected chi connectivity index (χ1v) is 13.2. The predicted molar refractivity (Wildman–Crippen MR) is 115 cm³/mol. The highest BCUT2D eigenvalue weighted by Gasteiger charge is 2.67. The fourth-order valence-corrected chi connectivity index (χ4v) is 7.76. The number of halogens is 2. The van der Waals surface area contributed by atoms with E-state index >= 15 is 0 Å². The highest BCUT2D eigenvalue weighted by atomic mass is 79.9. The molecule has 2 heterocycles. The molecule has 3 amide bonds. The first-order chi connectivity index (χ1) is 13.5. The molecule has 0 aromatic carbocycles. The van der Waals surface area contributed by atoms with E-state index in [1.165, 1.54) is 4.90 Å². The van der Waals surface area contributed by atoms with Gasteiger partial charge >= 0.3 is 0 Å². The SMILES string of the molecule is CSCC[C@H](C(=O)NC[C@@H]1CCCO1)N1C(=O)[C@@H]2[C@H]3C[C@@H]([C@@H](Br)[C@H]3Br)[C@H]2C1=O. The standard InChI is InChI=1S/C19H26Br2N2O4S/c1-28-6-4-12(17(24)22-8-9-3-2-5-27-9)23-18(25)13-10-7-11(14(13)19(23)26)16(21)15(10)20/h9-16H,2-8H2,1H3,(H,22,24)/t9-,10+,11+,12+,13+,14+,15-,16+/m0/s1. The lowest BCUT2D eigenvalue weighted by molar-refractivity contribution is -0.148. The van der Waals surface area contributed by atoms with Gasteiger partial charge in [-0.2, -0.15) is 11.8 Å². The number of rotatable bonds is 7. The number of carbonyl (C=O) groups excluding carboxylic acids is 3. The third kappa shape index (κ3) is 3.48. The molecule has 2 bridgehead atoms. The average molecular weight is 538 g/mol. The normalized spacial score (nSPS) is 40.2. The minimum atomic E-state index is -0.721. The molecule has 8 atom stereocenters. The number of ether oxygens (including phenoxy) is 1. The molecular weight excluding hydrogens is 512 g/mol. The summed E-state index contributed by atoms with van der Waals surface area (Å²) in [7, 11) is 0. The van der Waals surface area contributed by atoms with Crippen LogP contribution >= 0.6 is 43.6 Å². The Hall–Kier alpha value is -0.120. The largest absolute Gasteiger partial charge is 0.376 e. The van der Waals surface area contributed by atoms with E-state index in [2.05, 4.69) is 37.2 Å². The van der Waals surface area contributed by atoms with Crippen LogP contribution in [0.3, 0.4) is 0 Å². The van der Waals surface area contributed by atoms with Crippen LogP contribution < -0.4 is 5.32 Å². The number of thioether (sulfide) groups is 1. The number of hydrogen-bond donors (Lipinski definition) is 1. The van der Waals surface area contributed by atoms with Crippen LogP contribution in [0, 0.1) is 23.7 Å². The van der Waals surface area contributed by atoms with Gasteiger partial charge in [-0.25, -0.2) is 0 Å². The van der Waals surface area contributed by atoms with E-state index < -0.39 is 6.04 Å². The first-order valence-electron chi connectivity index (χ1n) is 9.99. The highest BCUT2D eigenvalue weighted by molar-refractivity contribution is 9.12. The third-order valence-electron chi connectivity index (χ3n) is 6.76. The minimum Gasteiger partial charge on any atom is -0.376 e. The Labute approximate surface area is 186 Å². The summed E-state index contributed by atoms with van der Waals surface area (Å²) in [6.45, 7) is 1.17. The van der Waals surface area contributed by atoms with E-state index in [0.29, 0.717) is 13.0 Å². The Morgan fingerprint density at radius 1 is 1.25 bits per heavy atom. The second-order valence-corrected chi connectivity index (χ2v) is 11.3. The second-order valence-electron chi connectivity index (χ2n) is 8.23. The van der Waals surface area contributed by atoms with E-state index in [-0.39, 0.29) is 57.2 Å². The zero-order chi connectivity index (χ0) is 20.0. The Morgan fingerprint density at radius 2 is 1.89 bits per heavy atom. The van der Waals surface area contributed by atoms with Crippen LogP contribution in [0.25, 0.3) is 0 Å². The van der Waals surface area contributed by atoms with Crippen molar-refractivity contribution < 1.29 is 19.1 Å². The molecule has 2 aliphatic carbocycles. The van der Waals surface area contributed by atoms with Crippen LogP contribution in [-0.2, 0) is 19.1 Å². The van der Waals surface area contributed by atoms with Crippen molar-refractivity contribution in [2.24, 2.45) is 23.7 Å². The number of imide groups is 1. The molecule has 4 rings (SSSR count). The van der Waals surface area contributed by atoms with Crippen molar-refractivity contribution in [3.63, 3.8) is 0 Å². The van der Waals surface area contributed by atoms with E-state index in [9.17, 15) is 14.4 Å². The molecule has 0 aromatic rings. The monoisotopic (exact) mass is 536 g/mol. The summed E-state index contributed by atoms with van der Waals surface area (Å²) in [5.74, 6) is -0.0380. The third-order valence-corrected chi connectivity index (χ3v) is 10.6. The van der Waals surface area contributed by atoms with Gasteiger partial charge in [-0.05, 0) is 49.5 Å². The van der Waals surface area contributed by atoms with E-state index in [1.807, 2.05) is 6.26 Å². The quantitative estimate of drug-likeness (QED) is 0.398. The molecule has 0 aromatic heterocycles. The van der Waals surface area contributed by atoms with Crippen molar-refractivity contribution in [1.82, 2.24) is 10.2 Å². The number of carbonyl (C=O) groups is 3. The van der Waals surface area contributed by atoms with Crippen LogP contribution in [0.5, 0.6) is 0 Å². The molecule has 6 nitrogen and oxygen atoms in total. The maximum absolute atomic E-state index is 13.3. The molecule has 28 heavy (non-hydrogen) atoms. The molecule has 0 spiro atoms. The van der Waals surface area contributed by atoms with Crippen molar-refractivity contribution in [3.05, 3.63) is 0 Å². The Kier molecular flexibility index (Phi) is 6.45. The van der Waals surface area contributed by atoms with Gasteiger partial charge in [-0.15, -0.1) is 0 Å². The van der Waals surface area contributed by atoms with Gasteiger partial charge in [0.25, 0.3) is 0 Å². The number of amides is 3. The summed E-state index contributed by atoms with van der Waals surface area (Å²) in [5.41, 5.74) is 0. The minimum absolute atomic E-state index is 0.0358. The number of likely N-dealkylation sites (tertiary alicyclic amines) is 1. The van der Waals surface area contributed by atoms with E-state index in [1.54, 1.807) is 11.8 Å². The summed E-state index contributed by atoms with van der Waals surface area (Å²) in [5, 5.41) is 2.94. The summed E-state index contributed by atoms with van der Waals surface area (Å²) in [4.78, 5) is 41.2. The van der Waals surface area contributed by atoms with Gasteiger partial charge < -0.3 is 10.1 Å². The first kappa shape index (κ1) is 21.1. The topological polar surface area (TPSA) is 75.7 Å². The molecule has 1 N–H and O–H groups in total. The number of nitrogens with zero attached hydrogens (tertiary/aromatic N) is 1. The molecular formula is C19H26Br2N2O4S. The molecule has 4 aliphatic rings. The van der Waals surface area contributed by atoms with Gasteiger partial charge in [-0.3, -0.25) is 19.3 Å². The van der Waals surface area contributed by atoms with Gasteiger partial charge in [0.1, 0.15) is 6.04 Å². The predicted octanol–water partition coefficient (Wildman–Crippen LogP) is 2.18. The van der Waals surface area contributed by atoms with Crippen molar-refractivity contribution in [2.45, 2.75) is 47.5 Å². The van der Waals surface area contributed by atoms with Crippen LogP contribution in [0.15, 0.2) is 0 Å². The zero-order valence-corrected chi connectivity index (χ0v) is 19.8. The summed E-state index contributed by atoms with van der Waals surface area (Å²) < 4.78 is 5.58. The van der Waals surface area contributed by atoms with Crippen molar-refractivity contribution in [1.29, 1.82) is 0 Å². The van der Waals surface area contributed by atoms with Gasteiger partial charge in [0.2, 0.25) is 17.7 Å². The van der Waals surface area contributed by atoms with Gasteiger partial charge in [0.15, 0.2) is 0 Å². The number of hydrogen-bond acceptors (Lipinski definition) is 5. The van der Waals surface area contributed by atoms with Crippen molar-refractivity contribution in [2.75, 3.05) is 25.2 Å². The molecule has 4 fully saturated rings. The molecule has 2 saturated heterocycles. The molecule has 0 radical (unpaired) electrons. The Morgan fingerprint density at radius 3 is 2.43 bits per heavy atom. The second kappa shape index (κ2) is 8.55. The summed E-state index contributed by atoms with van der Waals surface area (Å²) in [6, 6.07) is -0.721. The molecule has 9 heteroatoms. The van der Waals surface area contributed by atoms with E-state index in [4.69, 9.17) is 4.74 Å². The van der Waals surface area contributed by atoms with Crippen LogP contribution in [-0.4, -0.2) is 69.6 Å². The van der Waals surface area contributed by atoms with Crippen LogP contribution in [0.2, 0.25) is 0 Å². The molecule has 0 unspecified atom stereocenters. The average Bonchev–Trinajstić information content (AvgIpc) is 3.43. The van der Waals surface area contributed by atoms with Gasteiger partial charge in [-0.1, -0.05) is 31.9 Å². The lowest BCUT2D eigenvalue weighted by Gasteiger charge is -2.28. The number of nitrogens with one attached hydrogen (secondary N) is 1. The lowest BCUT2D eigenvalue weighted by Crippen LogP contribution is -2.51. The fraction of sp³-hybridized carbons (Fsp3) is 0.842. The molecule has 2 saturated carbocycles. The zero-order valence-electron chi connectivity index (χ0n) is 15.8. The van der Waals surface area contributed by atoms with Gasteiger partial charge in [0.05, 0.1) is 17.9 Å². The van der Waals surface area contributed by atoms with E-state index in [0.717, 1.165) is 31.6 Å². The van der Waals surface area contributed by atoms with Gasteiger partial charge in [0, 0.05) is 22.8 Å². The van der Waals surface area contributed by atoms with Crippen molar-refractivity contribution >= 4 is 61.3 Å². The Bertz CT molecular complexity index is 628. The number of alkyl halides is 2. The molecule has 156 valence electrons. The Balaban J connectivity index is 1.50. The summed E-state index contributed by atoms with van der Waals surface area (Å²) >= 11 is 9.04. The fourth-order valence-electron chi connectivity index (χ4n) is 5.42. The van der Waals surface area contributed by atoms with Crippen LogP contribution in [0.4, 0.5) is 0 Å². The van der Waals surface area contributed by atoms with Crippen molar-refractivity contribution in [3.8, 4) is 0 Å². The number of fused-ring (bicyclic) bond motifs is 5. The maximum atomic E-state index is 13.3. The molecule has 2 aliphatic heterocycles. The highest BCUT2D eigenvalue weighted by Crippen LogP contribution is 2.60.